The zero-order valence-electron chi connectivity index (χ0n) is 21.8. The number of nitrogens with zero attached hydrogens (tertiary/aromatic N) is 2. The Morgan fingerprint density at radius 3 is 2.16 bits per heavy atom. The summed E-state index contributed by atoms with van der Waals surface area (Å²) in [6.45, 7) is 10.8. The van der Waals surface area contributed by atoms with E-state index in [-0.39, 0.29) is 41.6 Å². The third-order valence-corrected chi connectivity index (χ3v) is 7.74. The number of amides is 3. The monoisotopic (exact) mass is 540 g/mol. The number of carbonyl (C=O) groups is 6. The van der Waals surface area contributed by atoms with Crippen molar-refractivity contribution in [2.75, 3.05) is 6.54 Å². The van der Waals surface area contributed by atoms with Crippen molar-refractivity contribution in [3.05, 3.63) is 10.6 Å². The van der Waals surface area contributed by atoms with E-state index >= 15 is 0 Å². The van der Waals surface area contributed by atoms with Crippen molar-refractivity contribution in [3.8, 4) is 0 Å². The number of fused-ring (bicyclic) bond motifs is 1. The molecule has 13 heteroatoms. The summed E-state index contributed by atoms with van der Waals surface area (Å²) < 4.78 is 20.4. The average Bonchev–Trinajstić information content (AvgIpc) is 3.22. The number of ether oxygens (including phenoxy) is 4. The van der Waals surface area contributed by atoms with Gasteiger partial charge in [-0.05, 0) is 20.8 Å². The fourth-order valence-electron chi connectivity index (χ4n) is 4.82. The van der Waals surface area contributed by atoms with Crippen LogP contribution < -0.4 is 0 Å². The Balaban J connectivity index is 1.85. The number of carbonyl (C=O) groups excluding carboxylic acids is 6. The fraction of sp³-hybridized carbons (Fsp3) is 0.667. The van der Waals surface area contributed by atoms with Crippen LogP contribution in [0, 0.1) is 11.8 Å². The lowest BCUT2D eigenvalue weighted by molar-refractivity contribution is -0.177. The van der Waals surface area contributed by atoms with Crippen LogP contribution in [0.15, 0.2) is 10.6 Å². The molecule has 0 aromatic carbocycles. The van der Waals surface area contributed by atoms with E-state index in [4.69, 9.17) is 18.9 Å². The Labute approximate surface area is 218 Å². The Morgan fingerprint density at radius 1 is 0.973 bits per heavy atom. The van der Waals surface area contributed by atoms with Gasteiger partial charge in [0.15, 0.2) is 0 Å². The molecule has 0 aromatic heterocycles. The molecule has 3 aliphatic heterocycles. The SMILES string of the molecule is CC(=O)O[C@H](C)C1C(=O)N2C(C(=O)OC(C)OC(=O)OC(C)C)=C(SC3CC(=O)N(C(C)=O)C3)[C@H](C)C12. The summed E-state index contributed by atoms with van der Waals surface area (Å²) in [6.07, 6.45) is -3.38. The van der Waals surface area contributed by atoms with Crippen LogP contribution in [0.25, 0.3) is 0 Å². The van der Waals surface area contributed by atoms with Gasteiger partial charge < -0.3 is 23.8 Å². The maximum Gasteiger partial charge on any atom is 0.511 e. The Morgan fingerprint density at radius 2 is 1.62 bits per heavy atom. The molecule has 3 aliphatic rings. The van der Waals surface area contributed by atoms with E-state index in [2.05, 4.69) is 0 Å². The van der Waals surface area contributed by atoms with Gasteiger partial charge in [-0.3, -0.25) is 24.1 Å². The van der Waals surface area contributed by atoms with Crippen LogP contribution in [0.5, 0.6) is 0 Å². The third-order valence-electron chi connectivity index (χ3n) is 6.27. The molecule has 0 spiro atoms. The van der Waals surface area contributed by atoms with Gasteiger partial charge in [0.1, 0.15) is 11.8 Å². The van der Waals surface area contributed by atoms with Crippen LogP contribution in [-0.4, -0.2) is 81.9 Å². The van der Waals surface area contributed by atoms with Gasteiger partial charge in [-0.1, -0.05) is 6.92 Å². The number of rotatable bonds is 8. The zero-order chi connectivity index (χ0) is 27.8. The van der Waals surface area contributed by atoms with Gasteiger partial charge in [0.2, 0.25) is 24.0 Å². The molecule has 12 nitrogen and oxygen atoms in total. The van der Waals surface area contributed by atoms with Crippen molar-refractivity contribution in [1.82, 2.24) is 9.80 Å². The van der Waals surface area contributed by atoms with E-state index in [9.17, 15) is 28.8 Å². The Bertz CT molecular complexity index is 1040. The molecule has 204 valence electrons. The number of thioether (sulfide) groups is 1. The van der Waals surface area contributed by atoms with Crippen LogP contribution in [0.4, 0.5) is 4.79 Å². The first-order valence-corrected chi connectivity index (χ1v) is 12.9. The molecule has 0 N–H and O–H groups in total. The highest BCUT2D eigenvalue weighted by molar-refractivity contribution is 8.03. The Hall–Kier alpha value is -3.09. The van der Waals surface area contributed by atoms with Gasteiger partial charge in [0, 0.05) is 49.8 Å². The zero-order valence-corrected chi connectivity index (χ0v) is 22.7. The summed E-state index contributed by atoms with van der Waals surface area (Å²) in [7, 11) is 0. The predicted octanol–water partition coefficient (Wildman–Crippen LogP) is 1.96. The van der Waals surface area contributed by atoms with E-state index in [1.54, 1.807) is 20.8 Å². The van der Waals surface area contributed by atoms with Gasteiger partial charge >= 0.3 is 18.1 Å². The lowest BCUT2D eigenvalue weighted by atomic mass is 9.79. The highest BCUT2D eigenvalue weighted by Gasteiger charge is 2.61. The second-order valence-electron chi connectivity index (χ2n) is 9.52. The van der Waals surface area contributed by atoms with Crippen LogP contribution in [0.1, 0.15) is 54.9 Å². The smallest absolute Gasteiger partial charge is 0.462 e. The standard InChI is InChI=1S/C24H32N2O10S/c1-10(2)33-24(32)36-15(7)35-23(31)20-21(37-16-8-17(29)25(9-16)13(5)27)11(3)19-18(22(30)26(19)20)12(4)34-14(6)28/h10-12,15-16,18-19H,8-9H2,1-7H3/t11-,12-,15?,16?,18?,19?/m1/s1. The quantitative estimate of drug-likeness (QED) is 0.193. The fourth-order valence-corrected chi connectivity index (χ4v) is 6.27. The molecule has 2 saturated heterocycles. The normalized spacial score (nSPS) is 26.5. The minimum absolute atomic E-state index is 0.0137. The van der Waals surface area contributed by atoms with Gasteiger partial charge in [-0.15, -0.1) is 11.8 Å². The summed E-state index contributed by atoms with van der Waals surface area (Å²) in [6, 6.07) is -0.477. The molecule has 3 heterocycles. The molecule has 3 amide bonds. The van der Waals surface area contributed by atoms with Crippen LogP contribution in [-0.2, 0) is 42.9 Å². The highest BCUT2D eigenvalue weighted by Crippen LogP contribution is 2.52. The van der Waals surface area contributed by atoms with E-state index in [1.807, 2.05) is 6.92 Å². The number of hydrogen-bond acceptors (Lipinski definition) is 11. The molecule has 0 radical (unpaired) electrons. The minimum Gasteiger partial charge on any atom is -0.462 e. The van der Waals surface area contributed by atoms with E-state index < -0.39 is 54.5 Å². The molecule has 6 atom stereocenters. The molecule has 0 bridgehead atoms. The molecule has 4 unspecified atom stereocenters. The Kier molecular flexibility index (Phi) is 8.56. The van der Waals surface area contributed by atoms with E-state index in [0.29, 0.717) is 4.91 Å². The number of β-lactam (4-membered cyclic amide) rings is 1. The van der Waals surface area contributed by atoms with E-state index in [0.717, 1.165) is 4.90 Å². The number of imide groups is 1. The summed E-state index contributed by atoms with van der Waals surface area (Å²) in [5, 5.41) is -0.329. The van der Waals surface area contributed by atoms with Crippen molar-refractivity contribution < 1.29 is 47.7 Å². The first kappa shape index (κ1) is 28.5. The van der Waals surface area contributed by atoms with Crippen LogP contribution in [0.2, 0.25) is 0 Å². The average molecular weight is 541 g/mol. The van der Waals surface area contributed by atoms with Crippen molar-refractivity contribution in [1.29, 1.82) is 0 Å². The van der Waals surface area contributed by atoms with E-state index in [1.165, 1.54) is 37.4 Å². The maximum absolute atomic E-state index is 13.3. The largest absolute Gasteiger partial charge is 0.511 e. The minimum atomic E-state index is -1.31. The molecule has 0 saturated carbocycles. The van der Waals surface area contributed by atoms with Crippen molar-refractivity contribution >= 4 is 47.6 Å². The van der Waals surface area contributed by atoms with Gasteiger partial charge in [0.25, 0.3) is 0 Å². The predicted molar refractivity (Wildman–Crippen MR) is 128 cm³/mol. The molecular formula is C24H32N2O10S. The summed E-state index contributed by atoms with van der Waals surface area (Å²) >= 11 is 1.24. The van der Waals surface area contributed by atoms with Crippen LogP contribution in [0.3, 0.4) is 0 Å². The molecule has 0 aromatic rings. The van der Waals surface area contributed by atoms with Gasteiger partial charge in [0.05, 0.1) is 18.1 Å². The highest BCUT2D eigenvalue weighted by atomic mass is 32.2. The topological polar surface area (TPSA) is 146 Å². The van der Waals surface area contributed by atoms with Crippen molar-refractivity contribution in [3.63, 3.8) is 0 Å². The molecular weight excluding hydrogens is 508 g/mol. The molecule has 37 heavy (non-hydrogen) atoms. The first-order valence-electron chi connectivity index (χ1n) is 12.0. The van der Waals surface area contributed by atoms with Gasteiger partial charge in [-0.2, -0.15) is 0 Å². The lowest BCUT2D eigenvalue weighted by Crippen LogP contribution is -2.64. The maximum atomic E-state index is 13.3. The second kappa shape index (κ2) is 11.1. The number of esters is 2. The second-order valence-corrected chi connectivity index (χ2v) is 10.9. The number of likely N-dealkylation sites (tertiary alicyclic amines) is 1. The summed E-state index contributed by atoms with van der Waals surface area (Å²) in [5.41, 5.74) is -0.0137. The lowest BCUT2D eigenvalue weighted by Gasteiger charge is -2.47. The third kappa shape index (κ3) is 5.91. The summed E-state index contributed by atoms with van der Waals surface area (Å²) in [4.78, 5) is 76.8. The molecule has 2 fully saturated rings. The molecule has 0 aliphatic carbocycles. The van der Waals surface area contributed by atoms with Crippen LogP contribution >= 0.6 is 11.8 Å². The summed E-state index contributed by atoms with van der Waals surface area (Å²) in [5.74, 6) is -3.53. The van der Waals surface area contributed by atoms with Crippen molar-refractivity contribution in [2.45, 2.75) is 84.7 Å². The molecule has 3 rings (SSSR count). The first-order chi connectivity index (χ1) is 17.2. The van der Waals surface area contributed by atoms with Crippen molar-refractivity contribution in [2.24, 2.45) is 11.8 Å². The number of hydrogen-bond donors (Lipinski definition) is 0. The van der Waals surface area contributed by atoms with Gasteiger partial charge in [-0.25, -0.2) is 9.59 Å².